The number of alkyl carbamates (subject to hydrolysis) is 1. The van der Waals surface area contributed by atoms with Crippen LogP contribution in [-0.2, 0) is 20.7 Å². The van der Waals surface area contributed by atoms with Crippen molar-refractivity contribution in [1.29, 1.82) is 0 Å². The van der Waals surface area contributed by atoms with Crippen molar-refractivity contribution in [2.75, 3.05) is 13.7 Å². The van der Waals surface area contributed by atoms with Crippen LogP contribution in [0.3, 0.4) is 0 Å². The lowest BCUT2D eigenvalue weighted by molar-refractivity contribution is -0.139. The number of hydrogen-bond acceptors (Lipinski definition) is 7. The molecule has 6 atom stereocenters. The van der Waals surface area contributed by atoms with Crippen molar-refractivity contribution >= 4 is 29.2 Å². The first-order valence-electron chi connectivity index (χ1n) is 15.5. The predicted molar refractivity (Wildman–Crippen MR) is 160 cm³/mol. The minimum absolute atomic E-state index is 0.139. The molecule has 1 saturated carbocycles. The van der Waals surface area contributed by atoms with Crippen LogP contribution in [0.5, 0.6) is 11.6 Å². The maximum atomic E-state index is 14.0. The van der Waals surface area contributed by atoms with Crippen LogP contribution in [0, 0.1) is 17.3 Å². The zero-order chi connectivity index (χ0) is 30.0. The molecule has 42 heavy (non-hydrogen) atoms. The van der Waals surface area contributed by atoms with E-state index in [9.17, 15) is 14.4 Å². The highest BCUT2D eigenvalue weighted by Crippen LogP contribution is 2.35. The number of fused-ring (bicyclic) bond motifs is 5. The molecule has 0 unspecified atom stereocenters. The van der Waals surface area contributed by atoms with Crippen molar-refractivity contribution in [1.82, 2.24) is 15.2 Å². The Kier molecular flexibility index (Phi) is 8.94. The van der Waals surface area contributed by atoms with Gasteiger partial charge in [-0.25, -0.2) is 9.78 Å². The zero-order valence-electron chi connectivity index (χ0n) is 25.6. The SMILES string of the molecule is COc1ccc2cc3c(nc2c1)O[C@H]1CN(C(=O)[C@H](C(C)(C)C)NC(=O)O[C@@H]2CCC[C@H]2CCCCC3)[C@H](C=O)[C@@H]1C. The molecule has 9 nitrogen and oxygen atoms in total. The zero-order valence-corrected chi connectivity index (χ0v) is 25.6. The number of nitrogens with zero attached hydrogens (tertiary/aromatic N) is 2. The summed E-state index contributed by atoms with van der Waals surface area (Å²) in [6.45, 7) is 7.86. The summed E-state index contributed by atoms with van der Waals surface area (Å²) in [7, 11) is 1.63. The Labute approximate surface area is 248 Å². The van der Waals surface area contributed by atoms with Crippen LogP contribution in [0.15, 0.2) is 24.3 Å². The van der Waals surface area contributed by atoms with Crippen molar-refractivity contribution in [2.45, 2.75) is 103 Å². The number of benzene rings is 1. The summed E-state index contributed by atoms with van der Waals surface area (Å²) in [4.78, 5) is 46.0. The van der Waals surface area contributed by atoms with Gasteiger partial charge in [0.15, 0.2) is 0 Å². The lowest BCUT2D eigenvalue weighted by Crippen LogP contribution is -2.56. The molecule has 1 aliphatic carbocycles. The summed E-state index contributed by atoms with van der Waals surface area (Å²) in [6, 6.07) is 6.43. The molecule has 1 saturated heterocycles. The van der Waals surface area contributed by atoms with E-state index in [2.05, 4.69) is 11.4 Å². The van der Waals surface area contributed by atoms with E-state index in [1.165, 1.54) is 0 Å². The second kappa shape index (κ2) is 12.5. The van der Waals surface area contributed by atoms with Crippen molar-refractivity contribution < 1.29 is 28.6 Å². The number of pyridine rings is 1. The molecule has 1 N–H and O–H groups in total. The second-order valence-corrected chi connectivity index (χ2v) is 13.3. The maximum absolute atomic E-state index is 14.0. The molecule has 2 aliphatic heterocycles. The Balaban J connectivity index is 1.50. The minimum Gasteiger partial charge on any atom is -0.497 e. The number of hydrogen-bond donors (Lipinski definition) is 1. The largest absolute Gasteiger partial charge is 0.497 e. The van der Waals surface area contributed by atoms with E-state index in [-0.39, 0.29) is 24.5 Å². The topological polar surface area (TPSA) is 107 Å². The van der Waals surface area contributed by atoms with Crippen molar-refractivity contribution in [3.63, 3.8) is 0 Å². The fraction of sp³-hybridized carbons (Fsp3) is 0.636. The fourth-order valence-electron chi connectivity index (χ4n) is 6.78. The molecular formula is C33H45N3O6. The van der Waals surface area contributed by atoms with Crippen molar-refractivity contribution in [3.05, 3.63) is 29.8 Å². The molecule has 228 valence electrons. The van der Waals surface area contributed by atoms with Gasteiger partial charge in [-0.1, -0.05) is 40.5 Å². The highest BCUT2D eigenvalue weighted by Gasteiger charge is 2.47. The van der Waals surface area contributed by atoms with Gasteiger partial charge in [0.2, 0.25) is 11.8 Å². The van der Waals surface area contributed by atoms with Gasteiger partial charge >= 0.3 is 6.09 Å². The molecule has 2 amide bonds. The van der Waals surface area contributed by atoms with Crippen LogP contribution in [0.1, 0.15) is 78.2 Å². The number of methoxy groups -OCH3 is 1. The van der Waals surface area contributed by atoms with E-state index in [0.29, 0.717) is 17.5 Å². The van der Waals surface area contributed by atoms with Gasteiger partial charge in [0.05, 0.1) is 25.2 Å². The van der Waals surface area contributed by atoms with Crippen LogP contribution in [0.4, 0.5) is 4.79 Å². The van der Waals surface area contributed by atoms with Crippen LogP contribution in [-0.4, -0.2) is 66.1 Å². The standard InChI is InChI=1S/C33H45N3O6/c1-20-26(19-37)36-18-28(20)41-30-23(16-22-14-15-24(40-5)17-25(22)34-30)11-8-6-7-10-21-12-9-13-27(21)42-32(39)35-29(31(36)38)33(2,3)4/h14-17,19-21,26-29H,6-13,18H2,1-5H3,(H,35,39)/t20-,21+,26+,27+,28-,29+/m0/s1. The van der Waals surface area contributed by atoms with E-state index < -0.39 is 29.7 Å². The van der Waals surface area contributed by atoms with Gasteiger partial charge in [-0.3, -0.25) is 4.79 Å². The highest BCUT2D eigenvalue weighted by molar-refractivity contribution is 5.89. The van der Waals surface area contributed by atoms with Gasteiger partial charge in [-0.05, 0) is 68.1 Å². The smallest absolute Gasteiger partial charge is 0.408 e. The number of ether oxygens (including phenoxy) is 3. The molecule has 3 heterocycles. The summed E-state index contributed by atoms with van der Waals surface area (Å²) < 4.78 is 17.9. The average molecular weight is 580 g/mol. The number of aromatic nitrogens is 1. The molecule has 0 spiro atoms. The van der Waals surface area contributed by atoms with Gasteiger partial charge in [0.25, 0.3) is 0 Å². The molecule has 9 heteroatoms. The number of aryl methyl sites for hydroxylation is 1. The van der Waals surface area contributed by atoms with E-state index in [1.807, 2.05) is 45.9 Å². The average Bonchev–Trinajstić information content (AvgIpc) is 3.52. The molecule has 1 aromatic carbocycles. The summed E-state index contributed by atoms with van der Waals surface area (Å²) in [5.74, 6) is 1.00. The van der Waals surface area contributed by atoms with Gasteiger partial charge in [0, 0.05) is 22.9 Å². The molecule has 2 fully saturated rings. The number of rotatable bonds is 2. The highest BCUT2D eigenvalue weighted by atomic mass is 16.6. The molecule has 5 rings (SSSR count). The number of carbonyl (C=O) groups excluding carboxylic acids is 3. The van der Waals surface area contributed by atoms with Crippen LogP contribution in [0.25, 0.3) is 10.9 Å². The summed E-state index contributed by atoms with van der Waals surface area (Å²) in [5, 5.41) is 3.89. The molecule has 2 aromatic rings. The first-order chi connectivity index (χ1) is 20.1. The quantitative estimate of drug-likeness (QED) is 0.471. The lowest BCUT2D eigenvalue weighted by atomic mass is 9.85. The Bertz CT molecular complexity index is 1310. The molecular weight excluding hydrogens is 534 g/mol. The Hall–Kier alpha value is -3.36. The summed E-state index contributed by atoms with van der Waals surface area (Å²) >= 11 is 0. The Morgan fingerprint density at radius 2 is 1.81 bits per heavy atom. The second-order valence-electron chi connectivity index (χ2n) is 13.3. The molecule has 3 aliphatic rings. The van der Waals surface area contributed by atoms with Crippen molar-refractivity contribution in [3.8, 4) is 11.6 Å². The van der Waals surface area contributed by atoms with E-state index in [4.69, 9.17) is 19.2 Å². The summed E-state index contributed by atoms with van der Waals surface area (Å²) in [6.07, 6.45) is 7.50. The monoisotopic (exact) mass is 579 g/mol. The number of nitrogens with one attached hydrogen (secondary N) is 1. The van der Waals surface area contributed by atoms with E-state index in [0.717, 1.165) is 74.1 Å². The van der Waals surface area contributed by atoms with Crippen molar-refractivity contribution in [2.24, 2.45) is 17.3 Å². The third-order valence-electron chi connectivity index (χ3n) is 9.36. The first kappa shape index (κ1) is 30.1. The lowest BCUT2D eigenvalue weighted by Gasteiger charge is -2.35. The third-order valence-corrected chi connectivity index (χ3v) is 9.36. The fourth-order valence-corrected chi connectivity index (χ4v) is 6.78. The number of carbonyl (C=O) groups is 3. The van der Waals surface area contributed by atoms with Crippen LogP contribution >= 0.6 is 0 Å². The number of amides is 2. The predicted octanol–water partition coefficient (Wildman–Crippen LogP) is 5.46. The Morgan fingerprint density at radius 1 is 1.02 bits per heavy atom. The van der Waals surface area contributed by atoms with Gasteiger partial charge in [0.1, 0.15) is 30.3 Å². The maximum Gasteiger partial charge on any atom is 0.408 e. The normalized spacial score (nSPS) is 29.4. The van der Waals surface area contributed by atoms with E-state index in [1.54, 1.807) is 12.0 Å². The molecule has 0 radical (unpaired) electrons. The van der Waals surface area contributed by atoms with Gasteiger partial charge in [-0.15, -0.1) is 0 Å². The van der Waals surface area contributed by atoms with Gasteiger partial charge in [-0.2, -0.15) is 0 Å². The third kappa shape index (κ3) is 6.35. The molecule has 2 bridgehead atoms. The first-order valence-corrected chi connectivity index (χ1v) is 15.5. The number of aldehydes is 1. The van der Waals surface area contributed by atoms with Gasteiger partial charge < -0.3 is 29.2 Å². The minimum atomic E-state index is -0.862. The molecule has 1 aromatic heterocycles. The van der Waals surface area contributed by atoms with Crippen LogP contribution < -0.4 is 14.8 Å². The van der Waals surface area contributed by atoms with Crippen LogP contribution in [0.2, 0.25) is 0 Å². The summed E-state index contributed by atoms with van der Waals surface area (Å²) in [5.41, 5.74) is 1.19. The van der Waals surface area contributed by atoms with E-state index >= 15 is 0 Å². The Morgan fingerprint density at radius 3 is 2.55 bits per heavy atom.